The maximum Gasteiger partial charge on any atom is 0.0563 e. The van der Waals surface area contributed by atoms with Gasteiger partial charge in [0.15, 0.2) is 0 Å². The molecule has 2 rings (SSSR count). The molecule has 2 aromatic rings. The van der Waals surface area contributed by atoms with Gasteiger partial charge in [-0.15, -0.1) is 0 Å². The zero-order valence-electron chi connectivity index (χ0n) is 18.9. The summed E-state index contributed by atoms with van der Waals surface area (Å²) >= 11 is 0. The van der Waals surface area contributed by atoms with Crippen LogP contribution in [0.4, 0.5) is 0 Å². The standard InChI is InChI=1S/C26H38O3/c1-6-8-21-9-12-24(13-10-21)25-14-11-22(17-23(25)7-2)15-16-26(18-27-3,19-28-4)20-29-5/h9-14,17H,6-8,15-16,18-20H2,1-5H3. The number of aryl methyl sites for hydroxylation is 3. The molecule has 0 bridgehead atoms. The molecule has 3 heteroatoms. The van der Waals surface area contributed by atoms with E-state index in [9.17, 15) is 0 Å². The summed E-state index contributed by atoms with van der Waals surface area (Å²) < 4.78 is 16.5. The van der Waals surface area contributed by atoms with Crippen LogP contribution in [0.2, 0.25) is 0 Å². The monoisotopic (exact) mass is 398 g/mol. The molecule has 0 heterocycles. The number of benzene rings is 2. The Morgan fingerprint density at radius 2 is 1.31 bits per heavy atom. The van der Waals surface area contributed by atoms with Gasteiger partial charge in [0, 0.05) is 26.7 Å². The van der Waals surface area contributed by atoms with E-state index >= 15 is 0 Å². The van der Waals surface area contributed by atoms with Gasteiger partial charge in [0.1, 0.15) is 0 Å². The van der Waals surface area contributed by atoms with Gasteiger partial charge in [0.25, 0.3) is 0 Å². The SMILES string of the molecule is CCCc1ccc(-c2ccc(CCC(COC)(COC)COC)cc2CC)cc1. The molecule has 0 saturated heterocycles. The molecular formula is C26H38O3. The second-order valence-electron chi connectivity index (χ2n) is 8.09. The lowest BCUT2D eigenvalue weighted by Gasteiger charge is -2.32. The van der Waals surface area contributed by atoms with Crippen LogP contribution in [-0.4, -0.2) is 41.2 Å². The first-order valence-corrected chi connectivity index (χ1v) is 10.8. The van der Waals surface area contributed by atoms with E-state index in [4.69, 9.17) is 14.2 Å². The predicted molar refractivity (Wildman–Crippen MR) is 122 cm³/mol. The van der Waals surface area contributed by atoms with Gasteiger partial charge in [-0.25, -0.2) is 0 Å². The molecule has 29 heavy (non-hydrogen) atoms. The first-order valence-electron chi connectivity index (χ1n) is 10.8. The molecule has 0 N–H and O–H groups in total. The highest BCUT2D eigenvalue weighted by atomic mass is 16.5. The summed E-state index contributed by atoms with van der Waals surface area (Å²) in [4.78, 5) is 0. The summed E-state index contributed by atoms with van der Waals surface area (Å²) in [5.74, 6) is 0. The van der Waals surface area contributed by atoms with Gasteiger partial charge in [-0.05, 0) is 53.5 Å². The summed E-state index contributed by atoms with van der Waals surface area (Å²) in [5, 5.41) is 0. The summed E-state index contributed by atoms with van der Waals surface area (Å²) in [7, 11) is 5.24. The van der Waals surface area contributed by atoms with Crippen LogP contribution in [0.5, 0.6) is 0 Å². The third-order valence-corrected chi connectivity index (χ3v) is 5.65. The fourth-order valence-electron chi connectivity index (χ4n) is 4.19. The smallest absolute Gasteiger partial charge is 0.0563 e. The summed E-state index contributed by atoms with van der Waals surface area (Å²) in [6.07, 6.45) is 5.31. The maximum absolute atomic E-state index is 5.49. The minimum absolute atomic E-state index is 0.113. The van der Waals surface area contributed by atoms with Crippen LogP contribution in [0.3, 0.4) is 0 Å². The zero-order valence-corrected chi connectivity index (χ0v) is 18.9. The molecule has 0 radical (unpaired) electrons. The third-order valence-electron chi connectivity index (χ3n) is 5.65. The molecule has 160 valence electrons. The summed E-state index contributed by atoms with van der Waals surface area (Å²) in [6, 6.07) is 16.0. The number of hydrogen-bond donors (Lipinski definition) is 0. The number of ether oxygens (including phenoxy) is 3. The van der Waals surface area contributed by atoms with Crippen LogP contribution in [0, 0.1) is 5.41 Å². The molecule has 0 atom stereocenters. The van der Waals surface area contributed by atoms with E-state index in [-0.39, 0.29) is 5.41 Å². The Kier molecular flexibility index (Phi) is 9.86. The van der Waals surface area contributed by atoms with Gasteiger partial charge in [-0.2, -0.15) is 0 Å². The van der Waals surface area contributed by atoms with Gasteiger partial charge >= 0.3 is 0 Å². The Morgan fingerprint density at radius 3 is 1.83 bits per heavy atom. The Balaban J connectivity index is 2.18. The van der Waals surface area contributed by atoms with E-state index in [1.165, 1.54) is 34.2 Å². The van der Waals surface area contributed by atoms with Crippen molar-refractivity contribution in [2.24, 2.45) is 5.41 Å². The van der Waals surface area contributed by atoms with Gasteiger partial charge in [-0.1, -0.05) is 62.7 Å². The lowest BCUT2D eigenvalue weighted by Crippen LogP contribution is -2.37. The lowest BCUT2D eigenvalue weighted by atomic mass is 9.83. The normalized spacial score (nSPS) is 11.8. The molecule has 0 aliphatic rings. The van der Waals surface area contributed by atoms with Crippen molar-refractivity contribution in [1.82, 2.24) is 0 Å². The van der Waals surface area contributed by atoms with E-state index in [0.29, 0.717) is 19.8 Å². The lowest BCUT2D eigenvalue weighted by molar-refractivity contribution is -0.0428. The maximum atomic E-state index is 5.49. The Hall–Kier alpha value is -1.68. The molecule has 0 amide bonds. The van der Waals surface area contributed by atoms with Crippen molar-refractivity contribution in [2.75, 3.05) is 41.2 Å². The second kappa shape index (κ2) is 12.1. The predicted octanol–water partition coefficient (Wildman–Crippen LogP) is 5.73. The first-order chi connectivity index (χ1) is 14.1. The second-order valence-corrected chi connectivity index (χ2v) is 8.09. The molecule has 0 fully saturated rings. The molecule has 0 saturated carbocycles. The van der Waals surface area contributed by atoms with Crippen LogP contribution in [0.1, 0.15) is 43.4 Å². The highest BCUT2D eigenvalue weighted by Crippen LogP contribution is 2.29. The van der Waals surface area contributed by atoms with Crippen molar-refractivity contribution < 1.29 is 14.2 Å². The average Bonchev–Trinajstić information content (AvgIpc) is 2.73. The van der Waals surface area contributed by atoms with Crippen LogP contribution in [-0.2, 0) is 33.5 Å². The molecule has 3 nitrogen and oxygen atoms in total. The van der Waals surface area contributed by atoms with Crippen LogP contribution < -0.4 is 0 Å². The number of hydrogen-bond acceptors (Lipinski definition) is 3. The van der Waals surface area contributed by atoms with Gasteiger partial charge in [-0.3, -0.25) is 0 Å². The minimum atomic E-state index is -0.113. The van der Waals surface area contributed by atoms with Crippen molar-refractivity contribution in [3.05, 3.63) is 59.2 Å². The minimum Gasteiger partial charge on any atom is -0.384 e. The summed E-state index contributed by atoms with van der Waals surface area (Å²) in [5.41, 5.74) is 6.72. The van der Waals surface area contributed by atoms with E-state index in [0.717, 1.165) is 25.7 Å². The van der Waals surface area contributed by atoms with Crippen LogP contribution in [0.15, 0.2) is 42.5 Å². The molecule has 0 aromatic heterocycles. The zero-order chi connectivity index (χ0) is 21.1. The van der Waals surface area contributed by atoms with Crippen molar-refractivity contribution in [2.45, 2.75) is 46.0 Å². The van der Waals surface area contributed by atoms with E-state index in [1.54, 1.807) is 21.3 Å². The van der Waals surface area contributed by atoms with Crippen molar-refractivity contribution in [3.8, 4) is 11.1 Å². The quantitative estimate of drug-likeness (QED) is 0.431. The number of rotatable bonds is 13. The molecule has 0 aliphatic carbocycles. The summed E-state index contributed by atoms with van der Waals surface area (Å²) in [6.45, 7) is 6.37. The first kappa shape index (κ1) is 23.6. The van der Waals surface area contributed by atoms with Crippen LogP contribution >= 0.6 is 0 Å². The van der Waals surface area contributed by atoms with Crippen molar-refractivity contribution in [3.63, 3.8) is 0 Å². The molecular weight excluding hydrogens is 360 g/mol. The van der Waals surface area contributed by atoms with Crippen molar-refractivity contribution >= 4 is 0 Å². The van der Waals surface area contributed by atoms with Gasteiger partial charge < -0.3 is 14.2 Å². The largest absolute Gasteiger partial charge is 0.384 e. The third kappa shape index (κ3) is 6.67. The van der Waals surface area contributed by atoms with E-state index in [1.807, 2.05) is 0 Å². The van der Waals surface area contributed by atoms with Gasteiger partial charge in [0.2, 0.25) is 0 Å². The fraction of sp³-hybridized carbons (Fsp3) is 0.538. The topological polar surface area (TPSA) is 27.7 Å². The highest BCUT2D eigenvalue weighted by molar-refractivity contribution is 5.68. The Morgan fingerprint density at radius 1 is 0.724 bits per heavy atom. The van der Waals surface area contributed by atoms with Gasteiger partial charge in [0.05, 0.1) is 19.8 Å². The Bertz CT molecular complexity index is 704. The molecule has 0 aliphatic heterocycles. The van der Waals surface area contributed by atoms with Crippen molar-refractivity contribution in [1.29, 1.82) is 0 Å². The number of methoxy groups -OCH3 is 3. The van der Waals surface area contributed by atoms with Crippen LogP contribution in [0.25, 0.3) is 11.1 Å². The molecule has 0 unspecified atom stereocenters. The average molecular weight is 399 g/mol. The highest BCUT2D eigenvalue weighted by Gasteiger charge is 2.30. The Labute approximate surface area is 177 Å². The fourth-order valence-corrected chi connectivity index (χ4v) is 4.19. The van der Waals surface area contributed by atoms with E-state index in [2.05, 4.69) is 56.3 Å². The molecule has 2 aromatic carbocycles. The molecule has 0 spiro atoms. The van der Waals surface area contributed by atoms with E-state index < -0.39 is 0 Å².